The van der Waals surface area contributed by atoms with Gasteiger partial charge in [0.1, 0.15) is 6.33 Å². The smallest absolute Gasteiger partial charge is 0.224 e. The number of nitrogens with zero attached hydrogens (tertiary/aromatic N) is 5. The molecule has 0 saturated heterocycles. The monoisotopic (exact) mass is 163 g/mol. The molecule has 0 fully saturated rings. The van der Waals surface area contributed by atoms with Crippen LogP contribution in [-0.4, -0.2) is 25.1 Å². The molecule has 12 heavy (non-hydrogen) atoms. The summed E-state index contributed by atoms with van der Waals surface area (Å²) < 4.78 is 0. The lowest BCUT2D eigenvalue weighted by molar-refractivity contribution is 0.994. The summed E-state index contributed by atoms with van der Waals surface area (Å²) in [6.07, 6.45) is 1.28. The average Bonchev–Trinajstić information content (AvgIpc) is 2.04. The molecule has 0 atom stereocenters. The largest absolute Gasteiger partial charge is 0.382 e. The van der Waals surface area contributed by atoms with E-state index in [2.05, 4.69) is 25.1 Å². The van der Waals surface area contributed by atoms with Crippen molar-refractivity contribution in [3.05, 3.63) is 6.33 Å². The minimum atomic E-state index is 0.0716. The van der Waals surface area contributed by atoms with Crippen LogP contribution in [0.5, 0.6) is 0 Å². The van der Waals surface area contributed by atoms with Gasteiger partial charge in [-0.25, -0.2) is 4.98 Å². The number of fused-ring (bicyclic) bond motifs is 1. The van der Waals surface area contributed by atoms with Crippen molar-refractivity contribution in [3.63, 3.8) is 0 Å². The molecule has 0 unspecified atom stereocenters. The van der Waals surface area contributed by atoms with Gasteiger partial charge in [0.05, 0.1) is 0 Å². The molecule has 4 N–H and O–H groups in total. The molecule has 7 heteroatoms. The van der Waals surface area contributed by atoms with Crippen molar-refractivity contribution in [1.82, 2.24) is 25.1 Å². The SMILES string of the molecule is Nc1nc(N)c2ncnnc2n1. The first-order valence-electron chi connectivity index (χ1n) is 3.14. The Morgan fingerprint density at radius 2 is 2.00 bits per heavy atom. The molecule has 0 aromatic carbocycles. The highest BCUT2D eigenvalue weighted by atomic mass is 15.2. The third kappa shape index (κ3) is 0.875. The molecule has 0 radical (unpaired) electrons. The molecule has 2 aromatic heterocycles. The van der Waals surface area contributed by atoms with E-state index in [4.69, 9.17) is 11.5 Å². The number of aromatic nitrogens is 5. The zero-order valence-electron chi connectivity index (χ0n) is 5.97. The number of nitrogen functional groups attached to an aromatic ring is 2. The Morgan fingerprint density at radius 3 is 2.83 bits per heavy atom. The molecule has 0 amide bonds. The van der Waals surface area contributed by atoms with Crippen molar-refractivity contribution in [2.75, 3.05) is 11.5 Å². The molecule has 0 aliphatic heterocycles. The van der Waals surface area contributed by atoms with E-state index < -0.39 is 0 Å². The predicted molar refractivity (Wildman–Crippen MR) is 41.7 cm³/mol. The molecule has 0 bridgehead atoms. The molecule has 0 aliphatic rings. The Morgan fingerprint density at radius 1 is 1.17 bits per heavy atom. The van der Waals surface area contributed by atoms with Gasteiger partial charge < -0.3 is 11.5 Å². The van der Waals surface area contributed by atoms with Crippen molar-refractivity contribution in [1.29, 1.82) is 0 Å². The highest BCUT2D eigenvalue weighted by Crippen LogP contribution is 2.11. The number of hydrogen-bond acceptors (Lipinski definition) is 7. The topological polar surface area (TPSA) is 116 Å². The fraction of sp³-hybridized carbons (Fsp3) is 0. The third-order valence-corrected chi connectivity index (χ3v) is 1.30. The summed E-state index contributed by atoms with van der Waals surface area (Å²) in [6, 6.07) is 0. The predicted octanol–water partition coefficient (Wildman–Crippen LogP) is -1.02. The summed E-state index contributed by atoms with van der Waals surface area (Å²) >= 11 is 0. The second kappa shape index (κ2) is 2.22. The van der Waals surface area contributed by atoms with Gasteiger partial charge in [0.2, 0.25) is 11.6 Å². The Hall–Kier alpha value is -2.05. The van der Waals surface area contributed by atoms with Crippen LogP contribution in [0.2, 0.25) is 0 Å². The molecule has 7 nitrogen and oxygen atoms in total. The molecule has 0 saturated carbocycles. The Balaban J connectivity index is 2.89. The fourth-order valence-corrected chi connectivity index (χ4v) is 0.835. The van der Waals surface area contributed by atoms with Gasteiger partial charge in [-0.15, -0.1) is 10.2 Å². The molecule has 0 aliphatic carbocycles. The van der Waals surface area contributed by atoms with Gasteiger partial charge in [-0.2, -0.15) is 9.97 Å². The zero-order chi connectivity index (χ0) is 8.55. The second-order valence-corrected chi connectivity index (χ2v) is 2.10. The van der Waals surface area contributed by atoms with E-state index in [0.717, 1.165) is 0 Å². The van der Waals surface area contributed by atoms with Crippen molar-refractivity contribution in [2.45, 2.75) is 0 Å². The van der Waals surface area contributed by atoms with Crippen LogP contribution in [-0.2, 0) is 0 Å². The van der Waals surface area contributed by atoms with E-state index in [-0.39, 0.29) is 11.8 Å². The van der Waals surface area contributed by atoms with E-state index in [9.17, 15) is 0 Å². The molecular weight excluding hydrogens is 158 g/mol. The van der Waals surface area contributed by atoms with Crippen LogP contribution in [0.15, 0.2) is 6.33 Å². The summed E-state index contributed by atoms with van der Waals surface area (Å²) in [5, 5.41) is 7.21. The van der Waals surface area contributed by atoms with Crippen LogP contribution in [0, 0.1) is 0 Å². The van der Waals surface area contributed by atoms with E-state index in [0.29, 0.717) is 11.2 Å². The average molecular weight is 163 g/mol. The van der Waals surface area contributed by atoms with Crippen LogP contribution in [0.1, 0.15) is 0 Å². The van der Waals surface area contributed by atoms with E-state index in [1.807, 2.05) is 0 Å². The molecule has 0 spiro atoms. The first-order valence-corrected chi connectivity index (χ1v) is 3.14. The van der Waals surface area contributed by atoms with Crippen LogP contribution >= 0.6 is 0 Å². The van der Waals surface area contributed by atoms with E-state index >= 15 is 0 Å². The molecule has 2 aromatic rings. The zero-order valence-corrected chi connectivity index (χ0v) is 5.97. The van der Waals surface area contributed by atoms with Gasteiger partial charge in [-0.05, 0) is 0 Å². The Kier molecular flexibility index (Phi) is 1.23. The highest BCUT2D eigenvalue weighted by molar-refractivity contribution is 5.80. The Bertz CT molecular complexity index is 425. The number of anilines is 2. The van der Waals surface area contributed by atoms with Crippen molar-refractivity contribution in [3.8, 4) is 0 Å². The highest BCUT2D eigenvalue weighted by Gasteiger charge is 2.03. The fourth-order valence-electron chi connectivity index (χ4n) is 0.835. The van der Waals surface area contributed by atoms with Gasteiger partial charge in [-0.1, -0.05) is 0 Å². The maximum absolute atomic E-state index is 5.50. The summed E-state index contributed by atoms with van der Waals surface area (Å²) in [5.41, 5.74) is 11.5. The molecule has 2 heterocycles. The maximum atomic E-state index is 5.50. The normalized spacial score (nSPS) is 10.3. The van der Waals surface area contributed by atoms with Crippen LogP contribution < -0.4 is 11.5 Å². The summed E-state index contributed by atoms with van der Waals surface area (Å²) in [5.74, 6) is 0.287. The van der Waals surface area contributed by atoms with Crippen molar-refractivity contribution < 1.29 is 0 Å². The molecule has 60 valence electrons. The summed E-state index contributed by atoms with van der Waals surface area (Å²) in [7, 11) is 0. The second-order valence-electron chi connectivity index (χ2n) is 2.10. The van der Waals surface area contributed by atoms with Gasteiger partial charge in [0.15, 0.2) is 11.3 Å². The van der Waals surface area contributed by atoms with Gasteiger partial charge in [0, 0.05) is 0 Å². The quantitative estimate of drug-likeness (QED) is 0.510. The summed E-state index contributed by atoms with van der Waals surface area (Å²) in [6.45, 7) is 0. The Labute approximate surface area is 66.9 Å². The van der Waals surface area contributed by atoms with E-state index in [1.54, 1.807) is 0 Å². The first kappa shape index (κ1) is 6.65. The lowest BCUT2D eigenvalue weighted by Gasteiger charge is -1.97. The van der Waals surface area contributed by atoms with Gasteiger partial charge >= 0.3 is 0 Å². The summed E-state index contributed by atoms with van der Waals surface area (Å²) in [4.78, 5) is 11.3. The lowest BCUT2D eigenvalue weighted by Crippen LogP contribution is -2.03. The number of hydrogen-bond donors (Lipinski definition) is 2. The molecular formula is C5H5N7. The van der Waals surface area contributed by atoms with Crippen molar-refractivity contribution >= 4 is 22.9 Å². The van der Waals surface area contributed by atoms with Crippen molar-refractivity contribution in [2.24, 2.45) is 0 Å². The minimum absolute atomic E-state index is 0.0716. The van der Waals surface area contributed by atoms with Gasteiger partial charge in [-0.3, -0.25) is 0 Å². The maximum Gasteiger partial charge on any atom is 0.224 e. The number of nitrogens with two attached hydrogens (primary N) is 2. The van der Waals surface area contributed by atoms with Crippen LogP contribution in [0.4, 0.5) is 11.8 Å². The minimum Gasteiger partial charge on any atom is -0.382 e. The van der Waals surface area contributed by atoms with Crippen LogP contribution in [0.25, 0.3) is 11.2 Å². The number of rotatable bonds is 0. The third-order valence-electron chi connectivity index (χ3n) is 1.30. The standard InChI is InChI=1S/C5H5N7/c6-3-2-4(11-5(7)10-3)12-9-1-8-2/h1H,(H4,6,7,10,11,12). The molecule has 2 rings (SSSR count). The van der Waals surface area contributed by atoms with E-state index in [1.165, 1.54) is 6.33 Å². The van der Waals surface area contributed by atoms with Crippen LogP contribution in [0.3, 0.4) is 0 Å². The first-order chi connectivity index (χ1) is 5.77. The van der Waals surface area contributed by atoms with Gasteiger partial charge in [0.25, 0.3) is 0 Å². The lowest BCUT2D eigenvalue weighted by atomic mass is 10.5.